The first-order valence-electron chi connectivity index (χ1n) is 4.49. The third-order valence-corrected chi connectivity index (χ3v) is 2.98. The number of carboxylic acid groups (broad SMARTS) is 1. The monoisotopic (exact) mass is 299 g/mol. The van der Waals surface area contributed by atoms with Crippen molar-refractivity contribution in [3.63, 3.8) is 0 Å². The smallest absolute Gasteiger partial charge is 0.303 e. The third-order valence-electron chi connectivity index (χ3n) is 2.09. The van der Waals surface area contributed by atoms with Gasteiger partial charge in [-0.25, -0.2) is 0 Å². The Kier molecular flexibility index (Phi) is 7.49. The van der Waals surface area contributed by atoms with E-state index in [9.17, 15) is 4.79 Å². The topological polar surface area (TPSA) is 37.3 Å². The van der Waals surface area contributed by atoms with E-state index in [2.05, 4.69) is 19.1 Å². The summed E-state index contributed by atoms with van der Waals surface area (Å²) in [4.78, 5) is 11.6. The van der Waals surface area contributed by atoms with Crippen molar-refractivity contribution in [3.8, 4) is 0 Å². The maximum atomic E-state index is 10.4. The molecule has 0 unspecified atom stereocenters. The molecule has 1 rings (SSSR count). The van der Waals surface area contributed by atoms with Gasteiger partial charge in [0.2, 0.25) is 0 Å². The number of thioether (sulfide) groups is 1. The van der Waals surface area contributed by atoms with E-state index in [-0.39, 0.29) is 39.1 Å². The van der Waals surface area contributed by atoms with E-state index in [4.69, 9.17) is 5.11 Å². The van der Waals surface area contributed by atoms with Crippen molar-refractivity contribution >= 4 is 17.7 Å². The summed E-state index contributed by atoms with van der Waals surface area (Å²) < 4.78 is 0. The number of hydrogen-bond acceptors (Lipinski definition) is 2. The van der Waals surface area contributed by atoms with Gasteiger partial charge in [-0.3, -0.25) is 4.79 Å². The normalized spacial score (nSPS) is 9.47. The van der Waals surface area contributed by atoms with Crippen LogP contribution in [-0.2, 0) is 43.9 Å². The molecule has 0 saturated heterocycles. The molecule has 0 aliphatic rings. The molecule has 79 valence electrons. The summed E-state index contributed by atoms with van der Waals surface area (Å²) in [5.41, 5.74) is 2.32. The van der Waals surface area contributed by atoms with Crippen LogP contribution >= 0.6 is 11.8 Å². The van der Waals surface area contributed by atoms with E-state index in [1.54, 1.807) is 11.8 Å². The Bertz CT molecular complexity index is 339. The van der Waals surface area contributed by atoms with Crippen LogP contribution in [-0.4, -0.2) is 17.3 Å². The van der Waals surface area contributed by atoms with E-state index >= 15 is 0 Å². The molecule has 0 aliphatic heterocycles. The quantitative estimate of drug-likeness (QED) is 0.869. The van der Waals surface area contributed by atoms with E-state index < -0.39 is 5.97 Å². The Balaban J connectivity index is 0.00000196. The molecule has 0 amide bonds. The zero-order valence-corrected chi connectivity index (χ0v) is 12.6. The van der Waals surface area contributed by atoms with Gasteiger partial charge in [-0.2, -0.15) is 0 Å². The Morgan fingerprint density at radius 3 is 2.60 bits per heavy atom. The Labute approximate surface area is 120 Å². The minimum atomic E-state index is -0.739. The molecule has 1 aromatic carbocycles. The molecule has 1 radical (unpaired) electrons. The second-order valence-electron chi connectivity index (χ2n) is 3.20. The van der Waals surface area contributed by atoms with Crippen molar-refractivity contribution in [3.05, 3.63) is 29.3 Å². The molecule has 0 bridgehead atoms. The molecular weight excluding hydrogens is 285 g/mol. The van der Waals surface area contributed by atoms with Crippen LogP contribution in [0, 0.1) is 6.92 Å². The van der Waals surface area contributed by atoms with Crippen LogP contribution in [0.25, 0.3) is 0 Å². The van der Waals surface area contributed by atoms with Gasteiger partial charge in [0.25, 0.3) is 0 Å². The second-order valence-corrected chi connectivity index (χ2v) is 4.05. The molecule has 0 aromatic heterocycles. The Morgan fingerprint density at radius 1 is 1.47 bits per heavy atom. The van der Waals surface area contributed by atoms with Crippen LogP contribution in [0.2, 0.25) is 0 Å². The molecule has 0 spiro atoms. The third kappa shape index (κ3) is 5.14. The fourth-order valence-corrected chi connectivity index (χ4v) is 1.93. The summed E-state index contributed by atoms with van der Waals surface area (Å²) in [7, 11) is 0. The summed E-state index contributed by atoms with van der Waals surface area (Å²) in [6.07, 6.45) is 2.86. The van der Waals surface area contributed by atoms with Crippen LogP contribution in [0.15, 0.2) is 23.1 Å². The van der Waals surface area contributed by atoms with Crippen molar-refractivity contribution in [2.24, 2.45) is 0 Å². The summed E-state index contributed by atoms with van der Waals surface area (Å²) in [5, 5.41) is 8.54. The van der Waals surface area contributed by atoms with Gasteiger partial charge in [-0.05, 0) is 36.8 Å². The number of aliphatic carboxylic acids is 1. The fourth-order valence-electron chi connectivity index (χ4n) is 1.35. The number of carbonyl (C=O) groups is 1. The van der Waals surface area contributed by atoms with Crippen LogP contribution in [0.1, 0.15) is 17.5 Å². The zero-order chi connectivity index (χ0) is 10.6. The zero-order valence-electron chi connectivity index (χ0n) is 8.99. The van der Waals surface area contributed by atoms with Gasteiger partial charge in [0, 0.05) is 44.0 Å². The number of hydrogen-bond donors (Lipinski definition) is 1. The van der Waals surface area contributed by atoms with Crippen molar-refractivity contribution in [2.45, 2.75) is 24.7 Å². The van der Waals surface area contributed by atoms with E-state index in [1.807, 2.05) is 12.3 Å². The van der Waals surface area contributed by atoms with Crippen molar-refractivity contribution < 1.29 is 42.6 Å². The number of rotatable bonds is 4. The molecule has 4 heteroatoms. The van der Waals surface area contributed by atoms with E-state index in [0.29, 0.717) is 6.42 Å². The average molecular weight is 299 g/mol. The predicted octanol–water partition coefficient (Wildman–Crippen LogP) is 2.73. The molecule has 0 heterocycles. The van der Waals surface area contributed by atoms with Gasteiger partial charge in [0.05, 0.1) is 0 Å². The average Bonchev–Trinajstić information content (AvgIpc) is 2.15. The molecule has 2 nitrogen and oxygen atoms in total. The maximum absolute atomic E-state index is 10.4. The van der Waals surface area contributed by atoms with E-state index in [0.717, 1.165) is 5.56 Å². The number of aryl methyl sites for hydroxylation is 2. The second kappa shape index (κ2) is 7.42. The summed E-state index contributed by atoms with van der Waals surface area (Å²) in [5.74, 6) is -0.739. The summed E-state index contributed by atoms with van der Waals surface area (Å²) >= 11 is 1.71. The van der Waals surface area contributed by atoms with Gasteiger partial charge in [-0.1, -0.05) is 12.1 Å². The first-order chi connectivity index (χ1) is 6.63. The van der Waals surface area contributed by atoms with Gasteiger partial charge < -0.3 is 5.11 Å². The standard InChI is InChI=1S/C11H14O2S.Y/c1-8-7-9(4-6-11(12)13)3-5-10(8)14-2;/h3,5,7H,4,6H2,1-2H3,(H,12,13);. The van der Waals surface area contributed by atoms with Gasteiger partial charge in [0.1, 0.15) is 0 Å². The molecule has 0 saturated carbocycles. The predicted molar refractivity (Wildman–Crippen MR) is 58.9 cm³/mol. The van der Waals surface area contributed by atoms with Crippen LogP contribution in [0.4, 0.5) is 0 Å². The van der Waals surface area contributed by atoms with Crippen molar-refractivity contribution in [1.82, 2.24) is 0 Å². The fraction of sp³-hybridized carbons (Fsp3) is 0.364. The van der Waals surface area contributed by atoms with Gasteiger partial charge >= 0.3 is 5.97 Å². The van der Waals surface area contributed by atoms with Gasteiger partial charge in [-0.15, -0.1) is 11.8 Å². The molecule has 15 heavy (non-hydrogen) atoms. The van der Waals surface area contributed by atoms with Crippen molar-refractivity contribution in [1.29, 1.82) is 0 Å². The first kappa shape index (κ1) is 15.1. The summed E-state index contributed by atoms with van der Waals surface area (Å²) in [6, 6.07) is 6.12. The first-order valence-corrected chi connectivity index (χ1v) is 5.71. The molecule has 0 fully saturated rings. The Morgan fingerprint density at radius 2 is 2.13 bits per heavy atom. The molecule has 1 N–H and O–H groups in total. The maximum Gasteiger partial charge on any atom is 0.303 e. The van der Waals surface area contributed by atoms with Crippen LogP contribution in [0.3, 0.4) is 0 Å². The number of benzene rings is 1. The molecular formula is C11H14O2SY. The Hall–Kier alpha value is 0.144. The van der Waals surface area contributed by atoms with E-state index in [1.165, 1.54) is 10.5 Å². The van der Waals surface area contributed by atoms with Crippen molar-refractivity contribution in [2.75, 3.05) is 6.26 Å². The molecule has 0 aliphatic carbocycles. The van der Waals surface area contributed by atoms with Crippen LogP contribution < -0.4 is 0 Å². The minimum Gasteiger partial charge on any atom is -0.481 e. The minimum absolute atomic E-state index is 0. The SMILES string of the molecule is CSc1ccc(CCC(=O)O)cc1C.[Y]. The van der Waals surface area contributed by atoms with Crippen LogP contribution in [0.5, 0.6) is 0 Å². The van der Waals surface area contributed by atoms with Gasteiger partial charge in [0.15, 0.2) is 0 Å². The molecule has 1 aromatic rings. The largest absolute Gasteiger partial charge is 0.481 e. The number of carboxylic acids is 1. The molecule has 0 atom stereocenters. The summed E-state index contributed by atoms with van der Waals surface area (Å²) in [6.45, 7) is 2.05.